The summed E-state index contributed by atoms with van der Waals surface area (Å²) in [4.78, 5) is 0. The van der Waals surface area contributed by atoms with Crippen LogP contribution >= 0.6 is 0 Å². The van der Waals surface area contributed by atoms with Crippen LogP contribution < -0.4 is 0 Å². The lowest BCUT2D eigenvalue weighted by Crippen LogP contribution is -2.34. The average molecular weight is 205 g/mol. The van der Waals surface area contributed by atoms with E-state index in [2.05, 4.69) is 0 Å². The normalized spacial score (nSPS) is 20.0. The van der Waals surface area contributed by atoms with Crippen molar-refractivity contribution in [3.05, 3.63) is 11.6 Å². The molecule has 0 spiro atoms. The molecule has 1 rings (SSSR count). The van der Waals surface area contributed by atoms with Crippen molar-refractivity contribution < 1.29 is 13.2 Å². The SMILES string of the molecule is COCC1=CCN(S(C)(=O)=O)CC1. The molecule has 0 fully saturated rings. The number of nitrogens with zero attached hydrogens (tertiary/aromatic N) is 1. The summed E-state index contributed by atoms with van der Waals surface area (Å²) in [6, 6.07) is 0. The van der Waals surface area contributed by atoms with Crippen LogP contribution in [0.1, 0.15) is 6.42 Å². The minimum absolute atomic E-state index is 0.484. The molecule has 0 N–H and O–H groups in total. The van der Waals surface area contributed by atoms with E-state index in [0.29, 0.717) is 19.7 Å². The molecule has 76 valence electrons. The minimum atomic E-state index is -3.02. The maximum absolute atomic E-state index is 11.1. The smallest absolute Gasteiger partial charge is 0.211 e. The first kappa shape index (κ1) is 10.7. The Kier molecular flexibility index (Phi) is 3.47. The van der Waals surface area contributed by atoms with Gasteiger partial charge in [-0.1, -0.05) is 6.08 Å². The summed E-state index contributed by atoms with van der Waals surface area (Å²) in [6.45, 7) is 1.67. The van der Waals surface area contributed by atoms with E-state index in [1.165, 1.54) is 16.1 Å². The van der Waals surface area contributed by atoms with Crippen molar-refractivity contribution in [3.8, 4) is 0 Å². The van der Waals surface area contributed by atoms with Crippen LogP contribution in [-0.2, 0) is 14.8 Å². The molecule has 0 aromatic rings. The molecule has 0 saturated heterocycles. The first-order valence-electron chi connectivity index (χ1n) is 4.16. The summed E-state index contributed by atoms with van der Waals surface area (Å²) >= 11 is 0. The largest absolute Gasteiger partial charge is 0.380 e. The first-order chi connectivity index (χ1) is 6.04. The number of hydrogen-bond donors (Lipinski definition) is 0. The Labute approximate surface area is 79.2 Å². The van der Waals surface area contributed by atoms with Gasteiger partial charge in [0.05, 0.1) is 12.9 Å². The van der Waals surface area contributed by atoms with Crippen LogP contribution in [-0.4, -0.2) is 45.8 Å². The Balaban J connectivity index is 2.56. The van der Waals surface area contributed by atoms with Gasteiger partial charge in [0, 0.05) is 20.2 Å². The van der Waals surface area contributed by atoms with Gasteiger partial charge in [0.25, 0.3) is 0 Å². The highest BCUT2D eigenvalue weighted by atomic mass is 32.2. The molecular formula is C8H15NO3S. The zero-order chi connectivity index (χ0) is 9.90. The van der Waals surface area contributed by atoms with Gasteiger partial charge >= 0.3 is 0 Å². The number of sulfonamides is 1. The van der Waals surface area contributed by atoms with E-state index in [9.17, 15) is 8.42 Å². The van der Waals surface area contributed by atoms with Gasteiger partial charge in [0.2, 0.25) is 10.0 Å². The Bertz CT molecular complexity index is 295. The average Bonchev–Trinajstić information content (AvgIpc) is 2.04. The van der Waals surface area contributed by atoms with Gasteiger partial charge in [0.15, 0.2) is 0 Å². The topological polar surface area (TPSA) is 46.6 Å². The molecule has 0 atom stereocenters. The van der Waals surface area contributed by atoms with Gasteiger partial charge in [-0.2, -0.15) is 4.31 Å². The predicted octanol–water partition coefficient (Wildman–Crippen LogP) is 0.225. The van der Waals surface area contributed by atoms with Gasteiger partial charge in [0.1, 0.15) is 0 Å². The molecule has 0 unspecified atom stereocenters. The Morgan fingerprint density at radius 3 is 2.69 bits per heavy atom. The van der Waals surface area contributed by atoms with Crippen LogP contribution in [0.5, 0.6) is 0 Å². The Morgan fingerprint density at radius 1 is 1.62 bits per heavy atom. The van der Waals surface area contributed by atoms with Crippen molar-refractivity contribution in [2.75, 3.05) is 33.1 Å². The predicted molar refractivity (Wildman–Crippen MR) is 51.0 cm³/mol. The van der Waals surface area contributed by atoms with Crippen molar-refractivity contribution in [3.63, 3.8) is 0 Å². The highest BCUT2D eigenvalue weighted by molar-refractivity contribution is 7.88. The van der Waals surface area contributed by atoms with Crippen LogP contribution in [0.3, 0.4) is 0 Å². The molecule has 0 saturated carbocycles. The summed E-state index contributed by atoms with van der Waals surface area (Å²) in [7, 11) is -1.37. The number of rotatable bonds is 3. The second-order valence-electron chi connectivity index (χ2n) is 3.17. The summed E-state index contributed by atoms with van der Waals surface area (Å²) in [6.07, 6.45) is 3.94. The van der Waals surface area contributed by atoms with Crippen molar-refractivity contribution in [2.45, 2.75) is 6.42 Å². The van der Waals surface area contributed by atoms with E-state index in [1.54, 1.807) is 7.11 Å². The summed E-state index contributed by atoms with van der Waals surface area (Å²) in [5.41, 5.74) is 1.18. The highest BCUT2D eigenvalue weighted by Gasteiger charge is 2.18. The first-order valence-corrected chi connectivity index (χ1v) is 6.01. The van der Waals surface area contributed by atoms with Gasteiger partial charge in [-0.3, -0.25) is 0 Å². The third-order valence-corrected chi connectivity index (χ3v) is 3.33. The molecule has 1 aliphatic rings. The lowest BCUT2D eigenvalue weighted by atomic mass is 10.1. The zero-order valence-corrected chi connectivity index (χ0v) is 8.80. The van der Waals surface area contributed by atoms with Crippen molar-refractivity contribution >= 4 is 10.0 Å². The molecule has 5 heteroatoms. The van der Waals surface area contributed by atoms with Gasteiger partial charge in [-0.25, -0.2) is 8.42 Å². The molecule has 0 aromatic heterocycles. The molecule has 0 bridgehead atoms. The van der Waals surface area contributed by atoms with Crippen molar-refractivity contribution in [2.24, 2.45) is 0 Å². The third kappa shape index (κ3) is 3.10. The molecule has 4 nitrogen and oxygen atoms in total. The fourth-order valence-electron chi connectivity index (χ4n) is 1.31. The summed E-state index contributed by atoms with van der Waals surface area (Å²) < 4.78 is 28.7. The maximum atomic E-state index is 11.1. The second-order valence-corrected chi connectivity index (χ2v) is 5.15. The Hall–Kier alpha value is -0.390. The van der Waals surface area contributed by atoms with Gasteiger partial charge in [-0.15, -0.1) is 0 Å². The lowest BCUT2D eigenvalue weighted by molar-refractivity contribution is 0.219. The summed E-state index contributed by atoms with van der Waals surface area (Å²) in [5.74, 6) is 0. The van der Waals surface area contributed by atoms with Crippen LogP contribution in [0, 0.1) is 0 Å². The summed E-state index contributed by atoms with van der Waals surface area (Å²) in [5, 5.41) is 0. The number of ether oxygens (including phenoxy) is 1. The van der Waals surface area contributed by atoms with E-state index in [4.69, 9.17) is 4.74 Å². The fraction of sp³-hybridized carbons (Fsp3) is 0.750. The third-order valence-electron chi connectivity index (χ3n) is 2.06. The highest BCUT2D eigenvalue weighted by Crippen LogP contribution is 2.12. The molecule has 0 radical (unpaired) electrons. The molecule has 13 heavy (non-hydrogen) atoms. The molecule has 1 heterocycles. The molecule has 0 amide bonds. The maximum Gasteiger partial charge on any atom is 0.211 e. The standard InChI is InChI=1S/C8H15NO3S/c1-12-7-8-3-5-9(6-4-8)13(2,10)11/h3H,4-7H2,1-2H3. The van der Waals surface area contributed by atoms with E-state index < -0.39 is 10.0 Å². The van der Waals surface area contributed by atoms with Crippen LogP contribution in [0.15, 0.2) is 11.6 Å². The Morgan fingerprint density at radius 2 is 2.31 bits per heavy atom. The molecule has 0 aliphatic carbocycles. The molecular weight excluding hydrogens is 190 g/mol. The quantitative estimate of drug-likeness (QED) is 0.619. The van der Waals surface area contributed by atoms with E-state index in [1.807, 2.05) is 6.08 Å². The number of hydrogen-bond acceptors (Lipinski definition) is 3. The van der Waals surface area contributed by atoms with Crippen molar-refractivity contribution in [1.29, 1.82) is 0 Å². The van der Waals surface area contributed by atoms with Crippen LogP contribution in [0.25, 0.3) is 0 Å². The lowest BCUT2D eigenvalue weighted by Gasteiger charge is -2.23. The van der Waals surface area contributed by atoms with E-state index >= 15 is 0 Å². The zero-order valence-electron chi connectivity index (χ0n) is 7.99. The molecule has 0 aromatic carbocycles. The monoisotopic (exact) mass is 205 g/mol. The fourth-order valence-corrected chi connectivity index (χ4v) is 2.08. The van der Waals surface area contributed by atoms with Crippen LogP contribution in [0.4, 0.5) is 0 Å². The second kappa shape index (κ2) is 4.21. The minimum Gasteiger partial charge on any atom is -0.380 e. The van der Waals surface area contributed by atoms with E-state index in [-0.39, 0.29) is 0 Å². The van der Waals surface area contributed by atoms with Crippen LogP contribution in [0.2, 0.25) is 0 Å². The van der Waals surface area contributed by atoms with Crippen molar-refractivity contribution in [1.82, 2.24) is 4.31 Å². The number of methoxy groups -OCH3 is 1. The van der Waals surface area contributed by atoms with Gasteiger partial charge in [-0.05, 0) is 12.0 Å². The molecule has 1 aliphatic heterocycles. The van der Waals surface area contributed by atoms with Gasteiger partial charge < -0.3 is 4.74 Å². The van der Waals surface area contributed by atoms with E-state index in [0.717, 1.165) is 6.42 Å².